The van der Waals surface area contributed by atoms with Crippen molar-refractivity contribution in [1.29, 1.82) is 0 Å². The molecule has 2 aromatic carbocycles. The zero-order valence-corrected chi connectivity index (χ0v) is 10.2. The van der Waals surface area contributed by atoms with E-state index in [1.54, 1.807) is 12.1 Å². The Kier molecular flexibility index (Phi) is 4.07. The Labute approximate surface area is 106 Å². The summed E-state index contributed by atoms with van der Waals surface area (Å²) in [5, 5.41) is 4.11. The predicted molar refractivity (Wildman–Crippen MR) is 73.4 cm³/mol. The molecule has 2 aromatic rings. The molecule has 0 atom stereocenters. The van der Waals surface area contributed by atoms with Crippen LogP contribution in [0.5, 0.6) is 0 Å². The summed E-state index contributed by atoms with van der Waals surface area (Å²) < 4.78 is 12.7. The molecule has 3 heteroatoms. The van der Waals surface area contributed by atoms with Gasteiger partial charge < -0.3 is 0 Å². The van der Waals surface area contributed by atoms with Crippen LogP contribution in [0.2, 0.25) is 0 Å². The lowest BCUT2D eigenvalue weighted by molar-refractivity contribution is 0.628. The van der Waals surface area contributed by atoms with E-state index in [2.05, 4.69) is 29.6 Å². The fraction of sp³-hybridized carbons (Fsp3) is 0.133. The first-order valence-corrected chi connectivity index (χ1v) is 5.83. The summed E-state index contributed by atoms with van der Waals surface area (Å²) in [6, 6.07) is 14.3. The lowest BCUT2D eigenvalue weighted by atomic mass is 10.1. The molecule has 0 aliphatic carbocycles. The maximum atomic E-state index is 12.7. The molecule has 0 saturated heterocycles. The van der Waals surface area contributed by atoms with Gasteiger partial charge in [0.2, 0.25) is 0 Å². The zero-order valence-electron chi connectivity index (χ0n) is 10.2. The topological polar surface area (TPSA) is 24.4 Å². The molecule has 0 aromatic heterocycles. The molecule has 0 aliphatic rings. The standard InChI is InChI=1S/C15H15FN2/c1-12-4-2-3-5-13(12)10-11-17-18-15-8-6-14(16)7-9-15/h2-9,11,18H,10H2,1H3/b17-11+. The number of aryl methyl sites for hydroxylation is 1. The van der Waals surface area contributed by atoms with Gasteiger partial charge in [0, 0.05) is 12.6 Å². The third-order valence-corrected chi connectivity index (χ3v) is 2.70. The molecule has 18 heavy (non-hydrogen) atoms. The molecular formula is C15H15FN2. The Morgan fingerprint density at radius 2 is 1.83 bits per heavy atom. The largest absolute Gasteiger partial charge is 0.279 e. The van der Waals surface area contributed by atoms with E-state index in [1.165, 1.54) is 23.3 Å². The summed E-state index contributed by atoms with van der Waals surface area (Å²) in [4.78, 5) is 0. The van der Waals surface area contributed by atoms with Crippen LogP contribution in [0, 0.1) is 12.7 Å². The predicted octanol–water partition coefficient (Wildman–Crippen LogP) is 3.77. The highest BCUT2D eigenvalue weighted by Crippen LogP contribution is 2.08. The van der Waals surface area contributed by atoms with Crippen LogP contribution in [-0.2, 0) is 6.42 Å². The van der Waals surface area contributed by atoms with Crippen LogP contribution >= 0.6 is 0 Å². The zero-order chi connectivity index (χ0) is 12.8. The van der Waals surface area contributed by atoms with E-state index in [4.69, 9.17) is 0 Å². The Morgan fingerprint density at radius 3 is 2.56 bits per heavy atom. The number of rotatable bonds is 4. The maximum absolute atomic E-state index is 12.7. The Bertz CT molecular complexity index is 532. The normalized spacial score (nSPS) is 10.8. The van der Waals surface area contributed by atoms with Crippen molar-refractivity contribution in [3.63, 3.8) is 0 Å². The summed E-state index contributed by atoms with van der Waals surface area (Å²) in [6.07, 6.45) is 2.59. The van der Waals surface area contributed by atoms with Gasteiger partial charge in [-0.05, 0) is 42.3 Å². The Hall–Kier alpha value is -2.16. The highest BCUT2D eigenvalue weighted by Gasteiger charge is 1.94. The van der Waals surface area contributed by atoms with Gasteiger partial charge in [0.05, 0.1) is 5.69 Å². The summed E-state index contributed by atoms with van der Waals surface area (Å²) in [6.45, 7) is 2.08. The number of benzene rings is 2. The molecule has 0 heterocycles. The van der Waals surface area contributed by atoms with Crippen molar-refractivity contribution >= 4 is 11.9 Å². The Morgan fingerprint density at radius 1 is 1.11 bits per heavy atom. The van der Waals surface area contributed by atoms with Crippen LogP contribution in [0.3, 0.4) is 0 Å². The smallest absolute Gasteiger partial charge is 0.123 e. The fourth-order valence-electron chi connectivity index (χ4n) is 1.63. The van der Waals surface area contributed by atoms with E-state index in [1.807, 2.05) is 18.3 Å². The van der Waals surface area contributed by atoms with Gasteiger partial charge in [-0.25, -0.2) is 4.39 Å². The summed E-state index contributed by atoms with van der Waals surface area (Å²) >= 11 is 0. The lowest BCUT2D eigenvalue weighted by Crippen LogP contribution is -1.94. The SMILES string of the molecule is Cc1ccccc1C/C=N/Nc1ccc(F)cc1. The second-order valence-corrected chi connectivity index (χ2v) is 4.06. The van der Waals surface area contributed by atoms with Gasteiger partial charge in [-0.2, -0.15) is 5.10 Å². The van der Waals surface area contributed by atoms with E-state index in [-0.39, 0.29) is 5.82 Å². The number of hydrogen-bond donors (Lipinski definition) is 1. The summed E-state index contributed by atoms with van der Waals surface area (Å²) in [5.41, 5.74) is 6.15. The minimum Gasteiger partial charge on any atom is -0.279 e. The Balaban J connectivity index is 1.89. The van der Waals surface area contributed by atoms with Crippen LogP contribution in [0.1, 0.15) is 11.1 Å². The van der Waals surface area contributed by atoms with Crippen LogP contribution in [0.4, 0.5) is 10.1 Å². The van der Waals surface area contributed by atoms with Crippen molar-refractivity contribution < 1.29 is 4.39 Å². The first kappa shape index (κ1) is 12.3. The molecule has 0 fully saturated rings. The lowest BCUT2D eigenvalue weighted by Gasteiger charge is -2.01. The quantitative estimate of drug-likeness (QED) is 0.640. The molecular weight excluding hydrogens is 227 g/mol. The first-order chi connectivity index (χ1) is 8.75. The van der Waals surface area contributed by atoms with Crippen LogP contribution in [0.15, 0.2) is 53.6 Å². The monoisotopic (exact) mass is 242 g/mol. The molecule has 0 amide bonds. The number of hydrogen-bond acceptors (Lipinski definition) is 2. The molecule has 0 bridgehead atoms. The van der Waals surface area contributed by atoms with Gasteiger partial charge >= 0.3 is 0 Å². The van der Waals surface area contributed by atoms with E-state index in [0.717, 1.165) is 12.1 Å². The molecule has 2 rings (SSSR count). The second-order valence-electron chi connectivity index (χ2n) is 4.06. The molecule has 0 radical (unpaired) electrons. The molecule has 0 unspecified atom stereocenters. The van der Waals surface area contributed by atoms with Gasteiger partial charge in [-0.15, -0.1) is 0 Å². The van der Waals surface area contributed by atoms with Crippen molar-refractivity contribution in [3.05, 3.63) is 65.5 Å². The van der Waals surface area contributed by atoms with Gasteiger partial charge in [-0.1, -0.05) is 24.3 Å². The molecule has 0 saturated carbocycles. The highest BCUT2D eigenvalue weighted by molar-refractivity contribution is 5.63. The van der Waals surface area contributed by atoms with Gasteiger partial charge in [-0.3, -0.25) is 5.43 Å². The molecule has 0 aliphatic heterocycles. The molecule has 2 nitrogen and oxygen atoms in total. The van der Waals surface area contributed by atoms with Crippen molar-refractivity contribution in [1.82, 2.24) is 0 Å². The van der Waals surface area contributed by atoms with Crippen LogP contribution < -0.4 is 5.43 Å². The number of halogens is 1. The number of nitrogens with zero attached hydrogens (tertiary/aromatic N) is 1. The van der Waals surface area contributed by atoms with Crippen molar-refractivity contribution in [2.45, 2.75) is 13.3 Å². The van der Waals surface area contributed by atoms with Gasteiger partial charge in [0.25, 0.3) is 0 Å². The van der Waals surface area contributed by atoms with Crippen molar-refractivity contribution in [3.8, 4) is 0 Å². The third kappa shape index (κ3) is 3.42. The maximum Gasteiger partial charge on any atom is 0.123 e. The molecule has 92 valence electrons. The summed E-state index contributed by atoms with van der Waals surface area (Å²) in [5.74, 6) is -0.246. The van der Waals surface area contributed by atoms with E-state index in [0.29, 0.717) is 0 Å². The second kappa shape index (κ2) is 5.96. The highest BCUT2D eigenvalue weighted by atomic mass is 19.1. The van der Waals surface area contributed by atoms with Crippen LogP contribution in [-0.4, -0.2) is 6.21 Å². The minimum atomic E-state index is -0.246. The first-order valence-electron chi connectivity index (χ1n) is 5.83. The molecule has 1 N–H and O–H groups in total. The third-order valence-electron chi connectivity index (χ3n) is 2.70. The van der Waals surface area contributed by atoms with Crippen LogP contribution in [0.25, 0.3) is 0 Å². The average molecular weight is 242 g/mol. The number of nitrogens with one attached hydrogen (secondary N) is 1. The fourth-order valence-corrected chi connectivity index (χ4v) is 1.63. The average Bonchev–Trinajstić information content (AvgIpc) is 2.39. The van der Waals surface area contributed by atoms with E-state index >= 15 is 0 Å². The minimum absolute atomic E-state index is 0.246. The number of anilines is 1. The molecule has 0 spiro atoms. The van der Waals surface area contributed by atoms with Crippen molar-refractivity contribution in [2.75, 3.05) is 5.43 Å². The van der Waals surface area contributed by atoms with Gasteiger partial charge in [0.15, 0.2) is 0 Å². The van der Waals surface area contributed by atoms with Gasteiger partial charge in [0.1, 0.15) is 5.82 Å². The number of hydrazone groups is 1. The van der Waals surface area contributed by atoms with E-state index in [9.17, 15) is 4.39 Å². The van der Waals surface area contributed by atoms with Crippen molar-refractivity contribution in [2.24, 2.45) is 5.10 Å². The summed E-state index contributed by atoms with van der Waals surface area (Å²) in [7, 11) is 0. The van der Waals surface area contributed by atoms with E-state index < -0.39 is 0 Å².